The number of rotatable bonds is 3. The largest absolute Gasteiger partial charge is 0.279 e. The van der Waals surface area contributed by atoms with E-state index < -0.39 is 47.3 Å². The zero-order valence-electron chi connectivity index (χ0n) is 36.4. The summed E-state index contributed by atoms with van der Waals surface area (Å²) in [5.41, 5.74) is 5.49. The molecule has 0 aromatic carbocycles. The maximum atomic E-state index is 10.2. The molecular formula is C46H44N10O12Ru. The first-order valence-corrected chi connectivity index (χ1v) is 20.4. The van der Waals surface area contributed by atoms with E-state index in [1.165, 1.54) is 0 Å². The summed E-state index contributed by atoms with van der Waals surface area (Å²) in [6.07, 6.45) is 11.8. The van der Waals surface area contributed by atoms with Crippen molar-refractivity contribution in [3.63, 3.8) is 0 Å². The number of pyridine rings is 6. The molecule has 4 aliphatic heterocycles. The second kappa shape index (κ2) is 29.5. The Bertz CT molecular complexity index is 2100. The van der Waals surface area contributed by atoms with Crippen molar-refractivity contribution in [3.8, 4) is 34.2 Å². The Balaban J connectivity index is 0.000000215. The van der Waals surface area contributed by atoms with Gasteiger partial charge >= 0.3 is 0 Å². The minimum atomic E-state index is -0.505. The molecule has 69 heavy (non-hydrogen) atoms. The number of hydrogen-bond donors (Lipinski definition) is 4. The Labute approximate surface area is 406 Å². The van der Waals surface area contributed by atoms with Gasteiger partial charge in [0.2, 0.25) is 0 Å². The standard InChI is InChI=1S/3C10H8N2.4C4H5NO3.Ru/c3*1-3-7-11-9(5-1)10-6-2-4-8-12-10;4*6-3-1-2-4(7)5(3)8;/h3*1-8H;4*8H,1-2H2;. The van der Waals surface area contributed by atoms with Crippen molar-refractivity contribution in [1.29, 1.82) is 0 Å². The number of imide groups is 4. The van der Waals surface area contributed by atoms with E-state index in [4.69, 9.17) is 20.8 Å². The van der Waals surface area contributed by atoms with Crippen LogP contribution in [0.3, 0.4) is 0 Å². The molecular weight excluding hydrogens is 986 g/mol. The Hall–Kier alpha value is -8.08. The minimum Gasteiger partial charge on any atom is -0.279 e. The Morgan fingerprint density at radius 2 is 0.391 bits per heavy atom. The summed E-state index contributed by atoms with van der Waals surface area (Å²) in [7, 11) is 0. The van der Waals surface area contributed by atoms with Crippen molar-refractivity contribution in [2.24, 2.45) is 0 Å². The first-order valence-electron chi connectivity index (χ1n) is 20.4. The predicted molar refractivity (Wildman–Crippen MR) is 234 cm³/mol. The number of hydrogen-bond acceptors (Lipinski definition) is 18. The molecule has 4 aliphatic rings. The Morgan fingerprint density at radius 1 is 0.261 bits per heavy atom. The van der Waals surface area contributed by atoms with Crippen LogP contribution in [0, 0.1) is 0 Å². The van der Waals surface area contributed by atoms with Crippen molar-refractivity contribution >= 4 is 47.3 Å². The van der Waals surface area contributed by atoms with Gasteiger partial charge in [0.1, 0.15) is 0 Å². The molecule has 0 bridgehead atoms. The van der Waals surface area contributed by atoms with Gasteiger partial charge in [0.25, 0.3) is 47.3 Å². The van der Waals surface area contributed by atoms with Gasteiger partial charge in [-0.25, -0.2) is 0 Å². The van der Waals surface area contributed by atoms with Crippen molar-refractivity contribution in [2.45, 2.75) is 51.4 Å². The molecule has 6 aromatic heterocycles. The van der Waals surface area contributed by atoms with Crippen LogP contribution in [-0.2, 0) is 57.8 Å². The van der Waals surface area contributed by atoms with E-state index in [9.17, 15) is 38.4 Å². The van der Waals surface area contributed by atoms with Crippen LogP contribution < -0.4 is 0 Å². The first-order chi connectivity index (χ1) is 32.8. The average Bonchev–Trinajstić information content (AvgIpc) is 4.08. The summed E-state index contributed by atoms with van der Waals surface area (Å²) in [5.74, 6) is -4.04. The van der Waals surface area contributed by atoms with Gasteiger partial charge in [-0.1, -0.05) is 36.4 Å². The zero-order chi connectivity index (χ0) is 49.3. The van der Waals surface area contributed by atoms with Crippen LogP contribution >= 0.6 is 0 Å². The van der Waals surface area contributed by atoms with E-state index in [0.717, 1.165) is 34.2 Å². The molecule has 10 heterocycles. The van der Waals surface area contributed by atoms with Crippen LogP contribution in [0.2, 0.25) is 0 Å². The molecule has 4 N–H and O–H groups in total. The van der Waals surface area contributed by atoms with E-state index in [1.54, 1.807) is 37.2 Å². The van der Waals surface area contributed by atoms with Crippen LogP contribution in [0.25, 0.3) is 34.2 Å². The summed E-state index contributed by atoms with van der Waals surface area (Å²) in [6, 6.07) is 34.8. The molecule has 22 nitrogen and oxygen atoms in total. The number of hydroxylamine groups is 8. The van der Waals surface area contributed by atoms with Gasteiger partial charge in [0, 0.05) is 108 Å². The summed E-state index contributed by atoms with van der Waals surface area (Å²) in [6.45, 7) is 0. The van der Waals surface area contributed by atoms with Crippen LogP contribution in [-0.4, -0.2) is 118 Å². The quantitative estimate of drug-likeness (QED) is 0.108. The third kappa shape index (κ3) is 18.6. The van der Waals surface area contributed by atoms with Gasteiger partial charge in [0.15, 0.2) is 0 Å². The molecule has 0 aliphatic carbocycles. The summed E-state index contributed by atoms with van der Waals surface area (Å²) in [4.78, 5) is 107. The maximum Gasteiger partial charge on any atom is 0.253 e. The second-order valence-corrected chi connectivity index (χ2v) is 13.7. The number of amides is 8. The van der Waals surface area contributed by atoms with Crippen molar-refractivity contribution < 1.29 is 78.7 Å². The van der Waals surface area contributed by atoms with Crippen molar-refractivity contribution in [3.05, 3.63) is 146 Å². The monoisotopic (exact) mass is 1030 g/mol. The molecule has 4 saturated heterocycles. The second-order valence-electron chi connectivity index (χ2n) is 13.7. The van der Waals surface area contributed by atoms with Gasteiger partial charge in [-0.15, -0.1) is 0 Å². The smallest absolute Gasteiger partial charge is 0.253 e. The number of carbonyl (C=O) groups is 8. The molecule has 0 radical (unpaired) electrons. The molecule has 0 saturated carbocycles. The molecule has 0 atom stereocenters. The SMILES string of the molecule is O=C1CCC(=O)N1O.O=C1CCC(=O)N1O.O=C1CCC(=O)N1O.O=C1CCC(=O)N1O.[Ru].c1ccc(-c2ccccn2)nc1.c1ccc(-c2ccccn2)nc1.c1ccc(-c2ccccn2)nc1. The molecule has 23 heteroatoms. The summed E-state index contributed by atoms with van der Waals surface area (Å²) in [5, 5.41) is 34.3. The number of aromatic nitrogens is 6. The van der Waals surface area contributed by atoms with E-state index in [2.05, 4.69) is 29.9 Å². The van der Waals surface area contributed by atoms with Crippen LogP contribution in [0.4, 0.5) is 0 Å². The molecule has 0 unspecified atom stereocenters. The topological polar surface area (TPSA) is 308 Å². The van der Waals surface area contributed by atoms with Crippen LogP contribution in [0.5, 0.6) is 0 Å². The van der Waals surface area contributed by atoms with Gasteiger partial charge in [-0.05, 0) is 72.8 Å². The normalized spacial score (nSPS) is 14.5. The fraction of sp³-hybridized carbons (Fsp3) is 0.174. The predicted octanol–water partition coefficient (Wildman–Crippen LogP) is 4.53. The fourth-order valence-electron chi connectivity index (χ4n) is 5.34. The van der Waals surface area contributed by atoms with Crippen LogP contribution in [0.15, 0.2) is 146 Å². The van der Waals surface area contributed by atoms with E-state index in [-0.39, 0.29) is 91.1 Å². The van der Waals surface area contributed by atoms with Gasteiger partial charge in [0.05, 0.1) is 34.2 Å². The van der Waals surface area contributed by atoms with Gasteiger partial charge in [-0.2, -0.15) is 20.3 Å². The van der Waals surface area contributed by atoms with Crippen LogP contribution in [0.1, 0.15) is 51.4 Å². The van der Waals surface area contributed by atoms with Crippen molar-refractivity contribution in [1.82, 2.24) is 50.2 Å². The van der Waals surface area contributed by atoms with E-state index in [0.29, 0.717) is 0 Å². The van der Waals surface area contributed by atoms with E-state index >= 15 is 0 Å². The molecule has 0 spiro atoms. The summed E-state index contributed by atoms with van der Waals surface area (Å²) >= 11 is 0. The third-order valence-corrected chi connectivity index (χ3v) is 8.88. The fourth-order valence-corrected chi connectivity index (χ4v) is 5.34. The number of carbonyl (C=O) groups excluding carboxylic acids is 8. The molecule has 4 fully saturated rings. The van der Waals surface area contributed by atoms with Gasteiger partial charge < -0.3 is 0 Å². The molecule has 10 rings (SSSR count). The Kier molecular flexibility index (Phi) is 23.7. The molecule has 8 amide bonds. The van der Waals surface area contributed by atoms with Crippen molar-refractivity contribution in [2.75, 3.05) is 0 Å². The maximum absolute atomic E-state index is 10.2. The minimum absolute atomic E-state index is 0. The Morgan fingerprint density at radius 3 is 0.464 bits per heavy atom. The molecule has 6 aromatic rings. The zero-order valence-corrected chi connectivity index (χ0v) is 38.1. The third-order valence-electron chi connectivity index (χ3n) is 8.88. The summed E-state index contributed by atoms with van der Waals surface area (Å²) < 4.78 is 0. The average molecular weight is 1030 g/mol. The first kappa shape index (κ1) is 55.3. The molecule has 358 valence electrons. The van der Waals surface area contributed by atoms with Gasteiger partial charge in [-0.3, -0.25) is 89.1 Å². The number of nitrogens with zero attached hydrogens (tertiary/aromatic N) is 10. The van der Waals surface area contributed by atoms with E-state index in [1.807, 2.05) is 109 Å².